The highest BCUT2D eigenvalue weighted by Gasteiger charge is 2.35. The van der Waals surface area contributed by atoms with E-state index in [4.69, 9.17) is 25.2 Å². The Bertz CT molecular complexity index is 409. The summed E-state index contributed by atoms with van der Waals surface area (Å²) in [5.41, 5.74) is -2.89. The molecule has 1 aromatic carbocycles. The number of aromatic hydroxyl groups is 1. The molecule has 1 rings (SSSR count). The number of phenols is 1. The van der Waals surface area contributed by atoms with E-state index in [-0.39, 0.29) is 19.0 Å². The molecule has 0 amide bonds. The van der Waals surface area contributed by atoms with Crippen LogP contribution in [0.1, 0.15) is 27.7 Å². The summed E-state index contributed by atoms with van der Waals surface area (Å²) < 4.78 is 5.05. The lowest BCUT2D eigenvalue weighted by atomic mass is 9.91. The number of hydrogen-bond acceptors (Lipinski definition) is 6. The van der Waals surface area contributed by atoms with E-state index in [1.54, 1.807) is 12.1 Å². The molecule has 0 aliphatic heterocycles. The van der Waals surface area contributed by atoms with E-state index in [1.165, 1.54) is 39.8 Å². The third kappa shape index (κ3) is 8.29. The summed E-state index contributed by atoms with van der Waals surface area (Å²) in [4.78, 5) is 11.0. The van der Waals surface area contributed by atoms with Crippen molar-refractivity contribution in [2.75, 3.05) is 13.2 Å². The summed E-state index contributed by atoms with van der Waals surface area (Å²) in [5, 5.41) is 35.5. The van der Waals surface area contributed by atoms with Crippen LogP contribution >= 0.6 is 0 Å². The summed E-state index contributed by atoms with van der Waals surface area (Å²) in [7, 11) is 0. The third-order valence-corrected chi connectivity index (χ3v) is 2.31. The lowest BCUT2D eigenvalue weighted by Gasteiger charge is -2.24. The minimum absolute atomic E-state index is 0.000869. The molecule has 0 fully saturated rings. The fourth-order valence-corrected chi connectivity index (χ4v) is 1.45. The molecule has 0 atom stereocenters. The topological polar surface area (TPSA) is 107 Å². The first kappa shape index (κ1) is 19.4. The molecule has 0 radical (unpaired) electrons. The molecule has 0 saturated carbocycles. The minimum atomic E-state index is -1.45. The van der Waals surface area contributed by atoms with Crippen LogP contribution in [-0.4, -0.2) is 50.6 Å². The molecule has 0 aromatic heterocycles. The van der Waals surface area contributed by atoms with Gasteiger partial charge in [0.25, 0.3) is 0 Å². The van der Waals surface area contributed by atoms with Crippen LogP contribution in [-0.2, 0) is 4.79 Å². The van der Waals surface area contributed by atoms with Gasteiger partial charge in [-0.05, 0) is 52.0 Å². The van der Waals surface area contributed by atoms with Crippen molar-refractivity contribution < 1.29 is 30.0 Å². The summed E-state index contributed by atoms with van der Waals surface area (Å²) in [6.45, 7) is 5.70. The number of phenolic OH excluding ortho intramolecular Hbond substituents is 1. The van der Waals surface area contributed by atoms with E-state index in [1.807, 2.05) is 0 Å². The van der Waals surface area contributed by atoms with Crippen molar-refractivity contribution in [3.05, 3.63) is 24.3 Å². The largest absolute Gasteiger partial charge is 0.508 e. The van der Waals surface area contributed by atoms with Crippen LogP contribution in [0.3, 0.4) is 0 Å². The summed E-state index contributed by atoms with van der Waals surface area (Å²) in [5.74, 6) is 0.290. The van der Waals surface area contributed by atoms with E-state index in [0.717, 1.165) is 0 Å². The van der Waals surface area contributed by atoms with E-state index in [0.29, 0.717) is 5.75 Å². The van der Waals surface area contributed by atoms with Crippen molar-refractivity contribution in [3.63, 3.8) is 0 Å². The van der Waals surface area contributed by atoms with E-state index in [9.17, 15) is 4.79 Å². The van der Waals surface area contributed by atoms with Gasteiger partial charge < -0.3 is 25.2 Å². The van der Waals surface area contributed by atoms with Gasteiger partial charge in [0.15, 0.2) is 5.78 Å². The van der Waals surface area contributed by atoms with E-state index in [2.05, 4.69) is 0 Å². The molecular formula is C15H24O6. The first-order valence-corrected chi connectivity index (χ1v) is 6.51. The molecule has 0 unspecified atom stereocenters. The highest BCUT2D eigenvalue weighted by Crippen LogP contribution is 2.15. The van der Waals surface area contributed by atoms with Gasteiger partial charge >= 0.3 is 0 Å². The number of carbonyl (C=O) groups excluding carboxylic acids is 1. The third-order valence-electron chi connectivity index (χ3n) is 2.31. The van der Waals surface area contributed by atoms with E-state index < -0.39 is 17.0 Å². The number of benzene rings is 1. The number of aliphatic hydroxyl groups is 3. The molecular weight excluding hydrogens is 276 g/mol. The van der Waals surface area contributed by atoms with Gasteiger partial charge in [0.05, 0.1) is 6.61 Å². The van der Waals surface area contributed by atoms with Gasteiger partial charge in [-0.3, -0.25) is 4.79 Å². The lowest BCUT2D eigenvalue weighted by molar-refractivity contribution is -0.150. The number of rotatable bonds is 5. The molecule has 0 aliphatic rings. The second-order valence-corrected chi connectivity index (χ2v) is 5.51. The number of Topliss-reactive ketones (excluding diaryl/α,β-unsaturated/α-hetero) is 1. The maximum atomic E-state index is 11.0. The van der Waals surface area contributed by atoms with Crippen LogP contribution in [0.5, 0.6) is 11.5 Å². The molecule has 1 aromatic rings. The van der Waals surface area contributed by atoms with Crippen LogP contribution in [0.25, 0.3) is 0 Å². The molecule has 4 N–H and O–H groups in total. The minimum Gasteiger partial charge on any atom is -0.508 e. The number of ether oxygens (including phenoxy) is 1. The van der Waals surface area contributed by atoms with Gasteiger partial charge in [-0.25, -0.2) is 0 Å². The molecule has 120 valence electrons. The molecule has 6 heteroatoms. The van der Waals surface area contributed by atoms with Crippen molar-refractivity contribution >= 4 is 5.78 Å². The molecule has 0 spiro atoms. The SMILES string of the molecule is CC(C)(O)C(=O)C(C)(C)O.OCCOc1ccc(O)cc1. The average molecular weight is 300 g/mol. The quantitative estimate of drug-likeness (QED) is 0.642. The number of aliphatic hydroxyl groups excluding tert-OH is 1. The highest BCUT2D eigenvalue weighted by molar-refractivity contribution is 5.92. The molecule has 21 heavy (non-hydrogen) atoms. The Balaban J connectivity index is 0.000000384. The van der Waals surface area contributed by atoms with Crippen molar-refractivity contribution in [2.45, 2.75) is 38.9 Å². The van der Waals surface area contributed by atoms with Crippen molar-refractivity contribution in [1.29, 1.82) is 0 Å². The van der Waals surface area contributed by atoms with Crippen LogP contribution < -0.4 is 4.74 Å². The van der Waals surface area contributed by atoms with Crippen LogP contribution in [0, 0.1) is 0 Å². The Labute approximate surface area is 124 Å². The van der Waals surface area contributed by atoms with E-state index >= 15 is 0 Å². The fraction of sp³-hybridized carbons (Fsp3) is 0.533. The maximum absolute atomic E-state index is 11.0. The number of hydrogen-bond donors (Lipinski definition) is 4. The van der Waals surface area contributed by atoms with Gasteiger partial charge in [-0.15, -0.1) is 0 Å². The standard InChI is InChI=1S/C8H10O3.C7H14O3/c9-5-6-11-8-3-1-7(10)2-4-8;1-6(2,9)5(8)7(3,4)10/h1-4,9-10H,5-6H2;9-10H,1-4H3. The lowest BCUT2D eigenvalue weighted by Crippen LogP contribution is -2.45. The average Bonchev–Trinajstić information content (AvgIpc) is 2.36. The van der Waals surface area contributed by atoms with Gasteiger partial charge in [0.1, 0.15) is 29.3 Å². The Hall–Kier alpha value is -1.63. The molecule has 0 bridgehead atoms. The Morgan fingerprint density at radius 1 is 1.05 bits per heavy atom. The second-order valence-electron chi connectivity index (χ2n) is 5.51. The van der Waals surface area contributed by atoms with Crippen molar-refractivity contribution in [2.24, 2.45) is 0 Å². The summed E-state index contributed by atoms with van der Waals surface area (Å²) >= 11 is 0. The Morgan fingerprint density at radius 2 is 1.48 bits per heavy atom. The highest BCUT2D eigenvalue weighted by atomic mass is 16.5. The second kappa shape index (κ2) is 7.97. The normalized spacial score (nSPS) is 11.4. The first-order chi connectivity index (χ1) is 9.48. The smallest absolute Gasteiger partial charge is 0.194 e. The van der Waals surface area contributed by atoms with Crippen molar-refractivity contribution in [3.8, 4) is 11.5 Å². The van der Waals surface area contributed by atoms with Gasteiger partial charge in [0.2, 0.25) is 0 Å². The van der Waals surface area contributed by atoms with Gasteiger partial charge in [0, 0.05) is 0 Å². The zero-order chi connectivity index (χ0) is 16.7. The first-order valence-electron chi connectivity index (χ1n) is 6.51. The maximum Gasteiger partial charge on any atom is 0.194 e. The van der Waals surface area contributed by atoms with Crippen LogP contribution in [0.4, 0.5) is 0 Å². The molecule has 0 saturated heterocycles. The fourth-order valence-electron chi connectivity index (χ4n) is 1.45. The Kier molecular flexibility index (Phi) is 7.35. The summed E-state index contributed by atoms with van der Waals surface area (Å²) in [6, 6.07) is 6.36. The van der Waals surface area contributed by atoms with Crippen LogP contribution in [0.15, 0.2) is 24.3 Å². The predicted molar refractivity (Wildman–Crippen MR) is 78.3 cm³/mol. The Morgan fingerprint density at radius 3 is 1.76 bits per heavy atom. The van der Waals surface area contributed by atoms with Gasteiger partial charge in [-0.1, -0.05) is 0 Å². The van der Waals surface area contributed by atoms with Gasteiger partial charge in [-0.2, -0.15) is 0 Å². The van der Waals surface area contributed by atoms with Crippen molar-refractivity contribution in [1.82, 2.24) is 0 Å². The zero-order valence-corrected chi connectivity index (χ0v) is 12.8. The number of carbonyl (C=O) groups is 1. The van der Waals surface area contributed by atoms with Crippen LogP contribution in [0.2, 0.25) is 0 Å². The monoisotopic (exact) mass is 300 g/mol. The zero-order valence-electron chi connectivity index (χ0n) is 12.8. The predicted octanol–water partition coefficient (Wildman–Crippen LogP) is 0.861. The molecule has 0 aliphatic carbocycles. The molecule has 6 nitrogen and oxygen atoms in total. The summed E-state index contributed by atoms with van der Waals surface area (Å²) in [6.07, 6.45) is 0. The molecule has 0 heterocycles. The number of ketones is 1.